The average molecular weight is 302 g/mol. The fraction of sp³-hybridized carbons (Fsp3) is 0.667. The molecule has 0 unspecified atom stereocenters. The first-order chi connectivity index (χ1) is 9.45. The van der Waals surface area contributed by atoms with Gasteiger partial charge in [-0.15, -0.1) is 0 Å². The molecule has 1 atom stereocenters. The van der Waals surface area contributed by atoms with Gasteiger partial charge in [-0.25, -0.2) is 18.2 Å². The summed E-state index contributed by atoms with van der Waals surface area (Å²) in [6.45, 7) is 3.03. The molecule has 0 saturated carbocycles. The van der Waals surface area contributed by atoms with Gasteiger partial charge in [0.25, 0.3) is 0 Å². The zero-order valence-electron chi connectivity index (χ0n) is 11.5. The molecule has 2 rings (SSSR count). The molecule has 1 aliphatic rings. The minimum absolute atomic E-state index is 0.0153. The predicted molar refractivity (Wildman–Crippen MR) is 71.0 cm³/mol. The molecule has 0 bridgehead atoms. The van der Waals surface area contributed by atoms with Crippen LogP contribution in [-0.2, 0) is 21.1 Å². The monoisotopic (exact) mass is 302 g/mol. The quantitative estimate of drug-likeness (QED) is 0.730. The molecule has 0 spiro atoms. The number of sulfone groups is 1. The lowest BCUT2D eigenvalue weighted by Crippen LogP contribution is -2.35. The summed E-state index contributed by atoms with van der Waals surface area (Å²) in [5, 5.41) is 0. The summed E-state index contributed by atoms with van der Waals surface area (Å²) >= 11 is 0. The highest BCUT2D eigenvalue weighted by Gasteiger charge is 2.32. The molecule has 8 heteroatoms. The van der Waals surface area contributed by atoms with Crippen molar-refractivity contribution in [3.8, 4) is 0 Å². The van der Waals surface area contributed by atoms with Crippen molar-refractivity contribution in [1.29, 1.82) is 0 Å². The average Bonchev–Trinajstić information content (AvgIpc) is 3.01. The van der Waals surface area contributed by atoms with Crippen LogP contribution >= 0.6 is 0 Å². The van der Waals surface area contributed by atoms with Gasteiger partial charge in [-0.05, 0) is 13.0 Å². The van der Waals surface area contributed by atoms with E-state index in [1.807, 2.05) is 11.8 Å². The van der Waals surface area contributed by atoms with Crippen molar-refractivity contribution >= 4 is 15.8 Å². The summed E-state index contributed by atoms with van der Waals surface area (Å²) in [5.74, 6) is 0.238. The number of carbonyl (C=O) groups excluding carboxylic acids is 1. The van der Waals surface area contributed by atoms with E-state index in [1.54, 1.807) is 0 Å². The van der Waals surface area contributed by atoms with Crippen LogP contribution in [0.2, 0.25) is 0 Å². The lowest BCUT2D eigenvalue weighted by molar-refractivity contribution is 0.0594. The van der Waals surface area contributed by atoms with E-state index in [4.69, 9.17) is 4.42 Å². The van der Waals surface area contributed by atoms with E-state index in [0.29, 0.717) is 25.4 Å². The van der Waals surface area contributed by atoms with Crippen LogP contribution in [0.3, 0.4) is 0 Å². The van der Waals surface area contributed by atoms with Crippen molar-refractivity contribution in [3.05, 3.63) is 17.8 Å². The van der Waals surface area contributed by atoms with E-state index in [1.165, 1.54) is 13.4 Å². The van der Waals surface area contributed by atoms with Crippen LogP contribution in [0.4, 0.5) is 0 Å². The van der Waals surface area contributed by atoms with Crippen molar-refractivity contribution in [3.63, 3.8) is 0 Å². The molecule has 1 aromatic heterocycles. The Morgan fingerprint density at radius 3 is 2.90 bits per heavy atom. The van der Waals surface area contributed by atoms with Crippen LogP contribution in [-0.4, -0.2) is 55.5 Å². The third-order valence-corrected chi connectivity index (χ3v) is 5.17. The Hall–Kier alpha value is -1.41. The third-order valence-electron chi connectivity index (χ3n) is 3.42. The molecule has 2 heterocycles. The maximum atomic E-state index is 11.5. The number of aromatic nitrogens is 1. The van der Waals surface area contributed by atoms with Crippen LogP contribution in [0.5, 0.6) is 0 Å². The van der Waals surface area contributed by atoms with E-state index in [2.05, 4.69) is 9.72 Å². The fourth-order valence-electron chi connectivity index (χ4n) is 2.32. The van der Waals surface area contributed by atoms with Gasteiger partial charge in [-0.2, -0.15) is 0 Å². The molecule has 0 aromatic carbocycles. The molecule has 0 amide bonds. The standard InChI is InChI=1S/C12H18N2O5S/c1-3-14(9-4-5-20(16,17)8-9)6-11-13-10(7-19-11)12(15)18-2/h7,9H,3-6,8H2,1-2H3/t9-/m1/s1. The van der Waals surface area contributed by atoms with Crippen LogP contribution in [0.25, 0.3) is 0 Å². The highest BCUT2D eigenvalue weighted by molar-refractivity contribution is 7.91. The maximum absolute atomic E-state index is 11.5. The Labute approximate surface area is 117 Å². The summed E-state index contributed by atoms with van der Waals surface area (Å²) in [4.78, 5) is 17.3. The van der Waals surface area contributed by atoms with Gasteiger partial charge in [0, 0.05) is 6.04 Å². The first-order valence-corrected chi connectivity index (χ1v) is 8.24. The molecule has 7 nitrogen and oxygen atoms in total. The molecule has 1 fully saturated rings. The molecule has 20 heavy (non-hydrogen) atoms. The van der Waals surface area contributed by atoms with Gasteiger partial charge in [0.1, 0.15) is 6.26 Å². The number of carbonyl (C=O) groups is 1. The molecule has 0 aliphatic carbocycles. The van der Waals surface area contributed by atoms with Crippen LogP contribution in [0.15, 0.2) is 10.7 Å². The molecule has 0 radical (unpaired) electrons. The van der Waals surface area contributed by atoms with Crippen LogP contribution in [0, 0.1) is 0 Å². The predicted octanol–water partition coefficient (Wildman–Crippen LogP) is 0.470. The second kappa shape index (κ2) is 5.92. The zero-order valence-corrected chi connectivity index (χ0v) is 12.4. The summed E-state index contributed by atoms with van der Waals surface area (Å²) < 4.78 is 32.8. The lowest BCUT2D eigenvalue weighted by atomic mass is 10.2. The van der Waals surface area contributed by atoms with Gasteiger partial charge < -0.3 is 9.15 Å². The molecular formula is C12H18N2O5S. The van der Waals surface area contributed by atoms with Gasteiger partial charge in [0.15, 0.2) is 15.5 Å². The number of rotatable bonds is 5. The van der Waals surface area contributed by atoms with E-state index >= 15 is 0 Å². The largest absolute Gasteiger partial charge is 0.464 e. The molecule has 0 N–H and O–H groups in total. The van der Waals surface area contributed by atoms with Crippen LogP contribution in [0.1, 0.15) is 29.7 Å². The Morgan fingerprint density at radius 1 is 1.60 bits per heavy atom. The van der Waals surface area contributed by atoms with Gasteiger partial charge in [0.05, 0.1) is 25.2 Å². The van der Waals surface area contributed by atoms with E-state index in [9.17, 15) is 13.2 Å². The first kappa shape index (κ1) is 15.0. The van der Waals surface area contributed by atoms with Crippen LogP contribution < -0.4 is 0 Å². The van der Waals surface area contributed by atoms with Crippen molar-refractivity contribution in [2.24, 2.45) is 0 Å². The second-order valence-corrected chi connectivity index (χ2v) is 6.97. The molecule has 1 aliphatic heterocycles. The Balaban J connectivity index is 2.03. The number of methoxy groups -OCH3 is 1. The highest BCUT2D eigenvalue weighted by atomic mass is 32.2. The molecule has 1 saturated heterocycles. The SMILES string of the molecule is CCN(Cc1nc(C(=O)OC)co1)[C@@H]1CCS(=O)(=O)C1. The maximum Gasteiger partial charge on any atom is 0.360 e. The Bertz CT molecular complexity index is 580. The van der Waals surface area contributed by atoms with Gasteiger partial charge in [-0.3, -0.25) is 4.90 Å². The summed E-state index contributed by atoms with van der Waals surface area (Å²) in [7, 11) is -1.65. The Morgan fingerprint density at radius 2 is 2.35 bits per heavy atom. The van der Waals surface area contributed by atoms with Crippen molar-refractivity contribution in [2.45, 2.75) is 25.9 Å². The van der Waals surface area contributed by atoms with Gasteiger partial charge in [0.2, 0.25) is 5.89 Å². The van der Waals surface area contributed by atoms with E-state index in [0.717, 1.165) is 0 Å². The van der Waals surface area contributed by atoms with Gasteiger partial charge in [-0.1, -0.05) is 6.92 Å². The van der Waals surface area contributed by atoms with Crippen molar-refractivity contribution in [2.75, 3.05) is 25.2 Å². The fourth-order valence-corrected chi connectivity index (χ4v) is 4.08. The minimum atomic E-state index is -2.92. The highest BCUT2D eigenvalue weighted by Crippen LogP contribution is 2.19. The first-order valence-electron chi connectivity index (χ1n) is 6.42. The minimum Gasteiger partial charge on any atom is -0.464 e. The molecule has 112 valence electrons. The third kappa shape index (κ3) is 3.37. The topological polar surface area (TPSA) is 89.7 Å². The zero-order chi connectivity index (χ0) is 14.8. The normalized spacial score (nSPS) is 21.2. The lowest BCUT2D eigenvalue weighted by Gasteiger charge is -2.24. The molecular weight excluding hydrogens is 284 g/mol. The Kier molecular flexibility index (Phi) is 4.44. The van der Waals surface area contributed by atoms with Crippen molar-refractivity contribution in [1.82, 2.24) is 9.88 Å². The number of ether oxygens (including phenoxy) is 1. The summed E-state index contributed by atoms with van der Waals surface area (Å²) in [6, 6.07) is -0.0153. The number of esters is 1. The van der Waals surface area contributed by atoms with E-state index in [-0.39, 0.29) is 23.2 Å². The number of hydrogen-bond donors (Lipinski definition) is 0. The number of hydrogen-bond acceptors (Lipinski definition) is 7. The van der Waals surface area contributed by atoms with E-state index < -0.39 is 15.8 Å². The summed E-state index contributed by atoms with van der Waals surface area (Å²) in [6.07, 6.45) is 1.88. The van der Waals surface area contributed by atoms with Crippen molar-refractivity contribution < 1.29 is 22.4 Å². The molecule has 1 aromatic rings. The summed E-state index contributed by atoms with van der Waals surface area (Å²) in [5.41, 5.74) is 0.123. The smallest absolute Gasteiger partial charge is 0.360 e. The number of oxazole rings is 1. The second-order valence-electron chi connectivity index (χ2n) is 4.74. The van der Waals surface area contributed by atoms with Gasteiger partial charge >= 0.3 is 5.97 Å². The number of nitrogens with zero attached hydrogens (tertiary/aromatic N) is 2.